The predicted molar refractivity (Wildman–Crippen MR) is 200 cm³/mol. The number of rotatable bonds is 7. The number of ether oxygens (including phenoxy) is 1. The number of imide groups is 1. The summed E-state index contributed by atoms with van der Waals surface area (Å²) in [6.45, 7) is 5.05. The molecule has 1 unspecified atom stereocenters. The van der Waals surface area contributed by atoms with Gasteiger partial charge in [-0.15, -0.1) is 0 Å². The Hall–Kier alpha value is -4.42. The maximum atomic E-state index is 13.6. The zero-order chi connectivity index (χ0) is 36.6. The molecule has 7 rings (SSSR count). The number of halogens is 1. The van der Waals surface area contributed by atoms with Gasteiger partial charge in [-0.1, -0.05) is 29.8 Å². The van der Waals surface area contributed by atoms with Gasteiger partial charge in [-0.3, -0.25) is 24.5 Å². The zero-order valence-corrected chi connectivity index (χ0v) is 31.0. The summed E-state index contributed by atoms with van der Waals surface area (Å²) in [5.74, 6) is 0.305. The number of likely N-dealkylation sites (tertiary alicyclic amines) is 2. The Kier molecular flexibility index (Phi) is 10.3. The molecule has 2 aromatic carbocycles. The van der Waals surface area contributed by atoms with E-state index in [-0.39, 0.29) is 51.6 Å². The highest BCUT2D eigenvalue weighted by molar-refractivity contribution is 6.32. The maximum absolute atomic E-state index is 13.6. The Morgan fingerprint density at radius 3 is 2.35 bits per heavy atom. The van der Waals surface area contributed by atoms with Crippen LogP contribution in [0.4, 0.5) is 11.4 Å². The van der Waals surface area contributed by atoms with Crippen molar-refractivity contribution in [1.82, 2.24) is 24.9 Å². The Labute approximate surface area is 309 Å². The van der Waals surface area contributed by atoms with Crippen molar-refractivity contribution in [3.8, 4) is 5.75 Å². The van der Waals surface area contributed by atoms with E-state index in [9.17, 15) is 19.2 Å². The largest absolute Gasteiger partial charge is 0.495 e. The van der Waals surface area contributed by atoms with E-state index in [1.54, 1.807) is 20.4 Å². The van der Waals surface area contributed by atoms with E-state index >= 15 is 0 Å². The first-order valence-electron chi connectivity index (χ1n) is 18.4. The monoisotopic (exact) mass is 729 g/mol. The van der Waals surface area contributed by atoms with E-state index in [1.165, 1.54) is 10.2 Å². The van der Waals surface area contributed by atoms with Crippen molar-refractivity contribution in [2.24, 2.45) is 12.5 Å². The third kappa shape index (κ3) is 7.41. The highest BCUT2D eigenvalue weighted by atomic mass is 35.5. The molecule has 0 aliphatic carbocycles. The summed E-state index contributed by atoms with van der Waals surface area (Å²) in [6.07, 6.45) is 7.42. The molecule has 5 heterocycles. The maximum Gasteiger partial charge on any atom is 0.287 e. The number of piperidine rings is 4. The van der Waals surface area contributed by atoms with Crippen molar-refractivity contribution >= 4 is 40.7 Å². The number of anilines is 2. The third-order valence-corrected chi connectivity index (χ3v) is 12.2. The highest BCUT2D eigenvalue weighted by Crippen LogP contribution is 2.44. The van der Waals surface area contributed by atoms with Gasteiger partial charge in [0.2, 0.25) is 11.8 Å². The second-order valence-electron chi connectivity index (χ2n) is 15.1. The number of amides is 3. The van der Waals surface area contributed by atoms with E-state index in [2.05, 4.69) is 44.7 Å². The van der Waals surface area contributed by atoms with Gasteiger partial charge >= 0.3 is 0 Å². The number of hydrogen-bond donors (Lipinski definition) is 2. The number of aromatic nitrogens is 2. The minimum Gasteiger partial charge on any atom is -0.495 e. The Bertz CT molecular complexity index is 1880. The predicted octanol–water partition coefficient (Wildman–Crippen LogP) is 4.39. The number of nitrogens with one attached hydrogen (secondary N) is 2. The molecule has 4 fully saturated rings. The molecule has 0 bridgehead atoms. The van der Waals surface area contributed by atoms with Crippen molar-refractivity contribution in [1.29, 1.82) is 0 Å². The standard InChI is InChI=1S/C39H48ClN7O5/c1-44-23-28(20-29(24-44)42-31-22-41-45(2)38(51)35(31)40)25-4-6-26(7-5-25)37(50)47-18-14-39(15-19-47)12-16-46(17-13-39)32-10-8-27(21-33(32)52-3)30-9-11-34(48)43-36(30)49/h4-8,10,21-22,28-30,42H,9,11-20,23-24H2,1-3H3,(H,43,48,49)/t28-,29+,30?/m1/s1. The fraction of sp³-hybridized carbons (Fsp3) is 0.513. The number of hydrogen-bond acceptors (Lipinski definition) is 9. The third-order valence-electron chi connectivity index (χ3n) is 11.8. The first kappa shape index (κ1) is 36.0. The van der Waals surface area contributed by atoms with Crippen molar-refractivity contribution < 1.29 is 19.1 Å². The van der Waals surface area contributed by atoms with Gasteiger partial charge in [0.05, 0.1) is 30.6 Å². The molecule has 2 N–H and O–H groups in total. The van der Waals surface area contributed by atoms with Gasteiger partial charge in [-0.2, -0.15) is 5.10 Å². The fourth-order valence-corrected chi connectivity index (χ4v) is 8.89. The second kappa shape index (κ2) is 14.9. The number of benzene rings is 2. The Balaban J connectivity index is 0.921. The first-order chi connectivity index (χ1) is 25.0. The molecule has 52 heavy (non-hydrogen) atoms. The summed E-state index contributed by atoms with van der Waals surface area (Å²) >= 11 is 6.32. The Morgan fingerprint density at radius 2 is 1.65 bits per heavy atom. The van der Waals surface area contributed by atoms with Crippen LogP contribution in [-0.4, -0.2) is 96.8 Å². The molecule has 3 aromatic rings. The number of methoxy groups -OCH3 is 1. The van der Waals surface area contributed by atoms with Crippen LogP contribution in [0.5, 0.6) is 5.75 Å². The Morgan fingerprint density at radius 1 is 0.962 bits per heavy atom. The van der Waals surface area contributed by atoms with Crippen LogP contribution in [0.15, 0.2) is 53.5 Å². The molecule has 4 aliphatic heterocycles. The molecule has 0 saturated carbocycles. The molecule has 1 aromatic heterocycles. The summed E-state index contributed by atoms with van der Waals surface area (Å²) in [7, 11) is 5.33. The lowest BCUT2D eigenvalue weighted by Crippen LogP contribution is -2.48. The lowest BCUT2D eigenvalue weighted by molar-refractivity contribution is -0.134. The molecule has 1 spiro atoms. The molecule has 13 heteroatoms. The van der Waals surface area contributed by atoms with E-state index in [4.69, 9.17) is 16.3 Å². The molecule has 3 amide bonds. The van der Waals surface area contributed by atoms with Crippen molar-refractivity contribution in [2.45, 2.75) is 62.8 Å². The van der Waals surface area contributed by atoms with Gasteiger partial charge in [-0.25, -0.2) is 4.68 Å². The molecular formula is C39H48ClN7O5. The minimum atomic E-state index is -0.344. The van der Waals surface area contributed by atoms with Gasteiger partial charge in [-0.05, 0) is 92.3 Å². The summed E-state index contributed by atoms with van der Waals surface area (Å²) in [4.78, 5) is 56.6. The van der Waals surface area contributed by atoms with Crippen LogP contribution >= 0.6 is 11.6 Å². The first-order valence-corrected chi connectivity index (χ1v) is 18.7. The van der Waals surface area contributed by atoms with Crippen LogP contribution < -0.4 is 25.8 Å². The quantitative estimate of drug-likeness (QED) is 0.341. The number of carbonyl (C=O) groups excluding carboxylic acids is 3. The number of carbonyl (C=O) groups is 3. The van der Waals surface area contributed by atoms with E-state index in [0.29, 0.717) is 18.5 Å². The molecule has 0 radical (unpaired) electrons. The average Bonchev–Trinajstić information content (AvgIpc) is 3.15. The molecule has 276 valence electrons. The SMILES string of the molecule is COc1cc(C2CCC(=O)NC2=O)ccc1N1CCC2(CCN(C(=O)c3ccc([C@@H]4C[C@H](Nc5cnn(C)c(=O)c5Cl)CN(C)C4)cc3)CC2)CC1. The molecule has 4 aliphatic rings. The van der Waals surface area contributed by atoms with Gasteiger partial charge in [0.15, 0.2) is 0 Å². The number of likely N-dealkylation sites (N-methyl/N-ethyl adjacent to an activating group) is 1. The highest BCUT2D eigenvalue weighted by Gasteiger charge is 2.39. The van der Waals surface area contributed by atoms with Gasteiger partial charge in [0.25, 0.3) is 11.5 Å². The fourth-order valence-electron chi connectivity index (χ4n) is 8.67. The summed E-state index contributed by atoms with van der Waals surface area (Å²) in [5, 5.41) is 10.2. The van der Waals surface area contributed by atoms with E-state index in [0.717, 1.165) is 93.9 Å². The van der Waals surface area contributed by atoms with Crippen LogP contribution in [0.1, 0.15) is 78.3 Å². The minimum absolute atomic E-state index is 0.0905. The summed E-state index contributed by atoms with van der Waals surface area (Å²) in [6, 6.07) is 14.2. The van der Waals surface area contributed by atoms with Crippen LogP contribution in [0.2, 0.25) is 5.02 Å². The topological polar surface area (TPSA) is 129 Å². The summed E-state index contributed by atoms with van der Waals surface area (Å²) < 4.78 is 7.01. The normalized spacial score (nSPS) is 23.7. The lowest BCUT2D eigenvalue weighted by atomic mass is 9.71. The zero-order valence-electron chi connectivity index (χ0n) is 30.2. The van der Waals surface area contributed by atoms with Crippen LogP contribution in [0.3, 0.4) is 0 Å². The molecule has 4 saturated heterocycles. The molecule has 12 nitrogen and oxygen atoms in total. The second-order valence-corrected chi connectivity index (χ2v) is 15.5. The van der Waals surface area contributed by atoms with E-state index in [1.807, 2.05) is 35.2 Å². The number of nitrogens with zero attached hydrogens (tertiary/aromatic N) is 5. The van der Waals surface area contributed by atoms with E-state index < -0.39 is 0 Å². The van der Waals surface area contributed by atoms with Crippen molar-refractivity contribution in [3.05, 3.63) is 80.7 Å². The molecular weight excluding hydrogens is 682 g/mol. The average molecular weight is 730 g/mol. The molecule has 3 atom stereocenters. The summed E-state index contributed by atoms with van der Waals surface area (Å²) in [5.41, 5.74) is 4.26. The smallest absolute Gasteiger partial charge is 0.287 e. The van der Waals surface area contributed by atoms with Crippen LogP contribution in [0, 0.1) is 5.41 Å². The van der Waals surface area contributed by atoms with Gasteiger partial charge < -0.3 is 24.8 Å². The van der Waals surface area contributed by atoms with Crippen LogP contribution in [0.25, 0.3) is 0 Å². The lowest BCUT2D eigenvalue weighted by Gasteiger charge is -2.47. The van der Waals surface area contributed by atoms with Crippen LogP contribution in [-0.2, 0) is 16.6 Å². The van der Waals surface area contributed by atoms with Crippen molar-refractivity contribution in [2.75, 3.05) is 63.6 Å². The van der Waals surface area contributed by atoms with Gasteiger partial charge in [0.1, 0.15) is 10.8 Å². The van der Waals surface area contributed by atoms with Crippen molar-refractivity contribution in [3.63, 3.8) is 0 Å². The number of aryl methyl sites for hydroxylation is 1. The van der Waals surface area contributed by atoms with Gasteiger partial charge in [0, 0.05) is 64.3 Å².